The van der Waals surface area contributed by atoms with Crippen molar-refractivity contribution in [1.29, 1.82) is 0 Å². The number of aliphatic hydroxyl groups is 3. The Morgan fingerprint density at radius 1 is 1.04 bits per heavy atom. The maximum Gasteiger partial charge on any atom is 0.190 e. The predicted molar refractivity (Wildman–Crippen MR) is 106 cm³/mol. The van der Waals surface area contributed by atoms with Crippen molar-refractivity contribution < 1.29 is 20.1 Å². The van der Waals surface area contributed by atoms with Crippen LogP contribution in [0.5, 0.6) is 0 Å². The second kappa shape index (κ2) is 10.0. The normalized spacial score (nSPS) is 27.4. The second-order valence-electron chi connectivity index (χ2n) is 7.73. The van der Waals surface area contributed by atoms with Gasteiger partial charge in [0.25, 0.3) is 0 Å². The van der Waals surface area contributed by atoms with Crippen LogP contribution in [0.2, 0.25) is 0 Å². The lowest BCUT2D eigenvalue weighted by Gasteiger charge is -2.36. The molecular formula is C22H34O4. The van der Waals surface area contributed by atoms with Crippen molar-refractivity contribution in [2.45, 2.75) is 84.5 Å². The smallest absolute Gasteiger partial charge is 0.190 e. The van der Waals surface area contributed by atoms with E-state index in [1.54, 1.807) is 13.0 Å². The maximum absolute atomic E-state index is 12.1. The van der Waals surface area contributed by atoms with Crippen LogP contribution in [0.1, 0.15) is 66.7 Å². The van der Waals surface area contributed by atoms with Crippen molar-refractivity contribution in [2.24, 2.45) is 0 Å². The lowest BCUT2D eigenvalue weighted by atomic mass is 9.78. The van der Waals surface area contributed by atoms with Crippen LogP contribution in [0.25, 0.3) is 0 Å². The van der Waals surface area contributed by atoms with E-state index in [-0.39, 0.29) is 6.42 Å². The fourth-order valence-corrected chi connectivity index (χ4v) is 2.96. The monoisotopic (exact) mass is 362 g/mol. The third-order valence-electron chi connectivity index (χ3n) is 4.92. The topological polar surface area (TPSA) is 77.8 Å². The molecule has 0 saturated heterocycles. The summed E-state index contributed by atoms with van der Waals surface area (Å²) < 4.78 is 0. The third-order valence-corrected chi connectivity index (χ3v) is 4.92. The van der Waals surface area contributed by atoms with Crippen LogP contribution in [0.3, 0.4) is 0 Å². The number of hydrogen-bond donors (Lipinski definition) is 3. The van der Waals surface area contributed by atoms with Crippen LogP contribution < -0.4 is 0 Å². The van der Waals surface area contributed by atoms with Gasteiger partial charge in [-0.05, 0) is 72.0 Å². The third kappa shape index (κ3) is 6.35. The molecule has 0 radical (unpaired) electrons. The Morgan fingerprint density at radius 3 is 2.15 bits per heavy atom. The van der Waals surface area contributed by atoms with Crippen molar-refractivity contribution in [2.75, 3.05) is 0 Å². The Kier molecular flexibility index (Phi) is 8.68. The molecule has 0 aromatic rings. The number of rotatable bonds is 8. The number of allylic oxidation sites excluding steroid dienone is 5. The summed E-state index contributed by atoms with van der Waals surface area (Å²) in [5.41, 5.74) is 2.17. The molecule has 0 aliphatic heterocycles. The summed E-state index contributed by atoms with van der Waals surface area (Å²) >= 11 is 0. The number of carbonyl (C=O) groups excluding carboxylic acids is 1. The van der Waals surface area contributed by atoms with Crippen LogP contribution in [0, 0.1) is 0 Å². The summed E-state index contributed by atoms with van der Waals surface area (Å²) in [6.07, 6.45) is 8.61. The summed E-state index contributed by atoms with van der Waals surface area (Å²) in [4.78, 5) is 12.1. The molecule has 0 bridgehead atoms. The summed E-state index contributed by atoms with van der Waals surface area (Å²) in [7, 11) is 0. The highest BCUT2D eigenvalue weighted by atomic mass is 16.4. The molecule has 0 heterocycles. The van der Waals surface area contributed by atoms with E-state index < -0.39 is 23.6 Å². The Hall–Kier alpha value is -1.49. The molecule has 0 saturated carbocycles. The molecule has 0 fully saturated rings. The van der Waals surface area contributed by atoms with E-state index in [0.29, 0.717) is 5.57 Å². The Bertz CT molecular complexity index is 620. The molecule has 3 atom stereocenters. The average Bonchev–Trinajstić information content (AvgIpc) is 2.56. The van der Waals surface area contributed by atoms with Crippen molar-refractivity contribution in [3.05, 3.63) is 46.6 Å². The van der Waals surface area contributed by atoms with Gasteiger partial charge in [-0.2, -0.15) is 0 Å². The van der Waals surface area contributed by atoms with Gasteiger partial charge in [-0.25, -0.2) is 0 Å². The first-order valence-electron chi connectivity index (χ1n) is 9.33. The highest BCUT2D eigenvalue weighted by Gasteiger charge is 2.48. The SMILES string of the molecule is CC(C)=CCCC(C)=CCCC(C)=CCC1(O)C(=O)C=C(C)C(O)C1O. The fourth-order valence-electron chi connectivity index (χ4n) is 2.96. The van der Waals surface area contributed by atoms with Gasteiger partial charge in [-0.1, -0.05) is 34.9 Å². The van der Waals surface area contributed by atoms with E-state index >= 15 is 0 Å². The van der Waals surface area contributed by atoms with Gasteiger partial charge in [0.2, 0.25) is 0 Å². The van der Waals surface area contributed by atoms with E-state index in [9.17, 15) is 20.1 Å². The molecule has 0 amide bonds. The van der Waals surface area contributed by atoms with Crippen LogP contribution >= 0.6 is 0 Å². The molecule has 3 N–H and O–H groups in total. The number of hydrogen-bond acceptors (Lipinski definition) is 4. The van der Waals surface area contributed by atoms with Gasteiger partial charge >= 0.3 is 0 Å². The summed E-state index contributed by atoms with van der Waals surface area (Å²) in [6.45, 7) is 9.86. The minimum Gasteiger partial charge on any atom is -0.387 e. The van der Waals surface area contributed by atoms with Crippen molar-refractivity contribution in [3.63, 3.8) is 0 Å². The largest absolute Gasteiger partial charge is 0.387 e. The van der Waals surface area contributed by atoms with Gasteiger partial charge < -0.3 is 15.3 Å². The molecule has 4 heteroatoms. The molecule has 0 spiro atoms. The van der Waals surface area contributed by atoms with Crippen LogP contribution in [-0.4, -0.2) is 38.9 Å². The van der Waals surface area contributed by atoms with Crippen LogP contribution in [0.4, 0.5) is 0 Å². The van der Waals surface area contributed by atoms with Gasteiger partial charge in [0.05, 0.1) is 0 Å². The molecule has 0 aromatic carbocycles. The highest BCUT2D eigenvalue weighted by Crippen LogP contribution is 2.29. The van der Waals surface area contributed by atoms with E-state index in [2.05, 4.69) is 32.9 Å². The van der Waals surface area contributed by atoms with Crippen LogP contribution in [0.15, 0.2) is 46.6 Å². The molecule has 3 unspecified atom stereocenters. The Morgan fingerprint density at radius 2 is 1.58 bits per heavy atom. The first-order chi connectivity index (χ1) is 12.1. The van der Waals surface area contributed by atoms with E-state index in [1.165, 1.54) is 17.2 Å². The maximum atomic E-state index is 12.1. The zero-order valence-corrected chi connectivity index (χ0v) is 16.7. The van der Waals surface area contributed by atoms with Gasteiger partial charge in [-0.15, -0.1) is 0 Å². The van der Waals surface area contributed by atoms with Gasteiger partial charge in [0.15, 0.2) is 11.4 Å². The molecule has 1 rings (SSSR count). The first-order valence-corrected chi connectivity index (χ1v) is 9.33. The molecule has 1 aliphatic carbocycles. The van der Waals surface area contributed by atoms with E-state index in [0.717, 1.165) is 31.3 Å². The predicted octanol–water partition coefficient (Wildman–Crippen LogP) is 3.78. The van der Waals surface area contributed by atoms with Crippen molar-refractivity contribution in [3.8, 4) is 0 Å². The summed E-state index contributed by atoms with van der Waals surface area (Å²) in [5.74, 6) is -0.549. The zero-order chi connectivity index (χ0) is 19.9. The van der Waals surface area contributed by atoms with E-state index in [4.69, 9.17) is 0 Å². The van der Waals surface area contributed by atoms with Crippen molar-refractivity contribution in [1.82, 2.24) is 0 Å². The van der Waals surface area contributed by atoms with E-state index in [1.807, 2.05) is 6.92 Å². The summed E-state index contributed by atoms with van der Waals surface area (Å²) in [6, 6.07) is 0. The number of ketones is 1. The summed E-state index contributed by atoms with van der Waals surface area (Å²) in [5, 5.41) is 30.6. The lowest BCUT2D eigenvalue weighted by molar-refractivity contribution is -0.157. The molecule has 1 aliphatic rings. The molecule has 26 heavy (non-hydrogen) atoms. The number of carbonyl (C=O) groups is 1. The minimum absolute atomic E-state index is 0.00292. The average molecular weight is 363 g/mol. The Labute approximate surface area is 157 Å². The fraction of sp³-hybridized carbons (Fsp3) is 0.591. The molecule has 0 aromatic heterocycles. The standard InChI is InChI=1S/C22H34O4/c1-15(2)8-6-9-16(3)10-7-11-17(4)12-13-22(26)19(23)14-18(5)20(24)21(22)25/h8,10,12,14,20-21,24-26H,6-7,9,11,13H2,1-5H3. The van der Waals surface area contributed by atoms with Crippen LogP contribution in [-0.2, 0) is 4.79 Å². The molecular weight excluding hydrogens is 328 g/mol. The molecule has 4 nitrogen and oxygen atoms in total. The van der Waals surface area contributed by atoms with Gasteiger partial charge in [-0.3, -0.25) is 4.79 Å². The lowest BCUT2D eigenvalue weighted by Crippen LogP contribution is -2.57. The van der Waals surface area contributed by atoms with Crippen molar-refractivity contribution >= 4 is 5.78 Å². The first kappa shape index (κ1) is 22.6. The number of aliphatic hydroxyl groups excluding tert-OH is 2. The van der Waals surface area contributed by atoms with Gasteiger partial charge in [0.1, 0.15) is 12.2 Å². The highest BCUT2D eigenvalue weighted by molar-refractivity contribution is 5.99. The zero-order valence-electron chi connectivity index (χ0n) is 16.7. The quantitative estimate of drug-likeness (QED) is 0.574. The molecule has 146 valence electrons. The minimum atomic E-state index is -1.95. The van der Waals surface area contributed by atoms with Gasteiger partial charge in [0, 0.05) is 6.42 Å². The second-order valence-corrected chi connectivity index (χ2v) is 7.73. The Balaban J connectivity index is 2.58.